The molecule has 0 spiro atoms. The first-order valence-corrected chi connectivity index (χ1v) is 7.07. The maximum atomic E-state index is 6.21. The van der Waals surface area contributed by atoms with Crippen LogP contribution >= 0.6 is 11.3 Å². The molecule has 1 rings (SSSR count). The first kappa shape index (κ1) is 14.6. The predicted octanol–water partition coefficient (Wildman–Crippen LogP) is 2.95. The Morgan fingerprint density at radius 2 is 2.06 bits per heavy atom. The highest BCUT2D eigenvalue weighted by atomic mass is 32.1. The molecular formula is C13H25N3S. The van der Waals surface area contributed by atoms with Crippen molar-refractivity contribution in [2.45, 2.75) is 52.6 Å². The summed E-state index contributed by atoms with van der Waals surface area (Å²) in [4.78, 5) is 4.38. The Bertz CT molecular complexity index is 325. The number of nitrogens with one attached hydrogen (secondary N) is 1. The highest BCUT2D eigenvalue weighted by molar-refractivity contribution is 7.09. The van der Waals surface area contributed by atoms with E-state index in [1.165, 1.54) is 0 Å². The van der Waals surface area contributed by atoms with E-state index in [9.17, 15) is 0 Å². The lowest BCUT2D eigenvalue weighted by molar-refractivity contribution is 0.187. The molecule has 1 atom stereocenters. The molecule has 1 aromatic heterocycles. The number of thiazole rings is 1. The maximum absolute atomic E-state index is 6.21. The van der Waals surface area contributed by atoms with Gasteiger partial charge in [-0.2, -0.15) is 0 Å². The highest BCUT2D eigenvalue weighted by Crippen LogP contribution is 2.29. The summed E-state index contributed by atoms with van der Waals surface area (Å²) in [6, 6.07) is 0.344. The van der Waals surface area contributed by atoms with Crippen molar-refractivity contribution in [3.05, 3.63) is 16.6 Å². The Labute approximate surface area is 109 Å². The summed E-state index contributed by atoms with van der Waals surface area (Å²) >= 11 is 1.71. The summed E-state index contributed by atoms with van der Waals surface area (Å²) in [7, 11) is 0. The van der Waals surface area contributed by atoms with Crippen molar-refractivity contribution >= 4 is 11.3 Å². The fourth-order valence-corrected chi connectivity index (χ4v) is 2.22. The zero-order valence-corrected chi connectivity index (χ0v) is 12.4. The van der Waals surface area contributed by atoms with Crippen molar-refractivity contribution < 1.29 is 0 Å². The highest BCUT2D eigenvalue weighted by Gasteiger charge is 2.33. The minimum absolute atomic E-state index is 0.0533. The van der Waals surface area contributed by atoms with Gasteiger partial charge in [-0.25, -0.2) is 4.98 Å². The van der Waals surface area contributed by atoms with Crippen LogP contribution in [0.4, 0.5) is 0 Å². The monoisotopic (exact) mass is 255 g/mol. The lowest BCUT2D eigenvalue weighted by atomic mass is 9.75. The Hall–Kier alpha value is -0.450. The standard InChI is InChI=1S/C13H25N3S/c1-6-10(11-15-7-8-17-11)16-9-12(2,3)13(4,5)14/h7-8,10,16H,6,9,14H2,1-5H3. The second-order valence-electron chi connectivity index (χ2n) is 5.82. The molecule has 0 bridgehead atoms. The molecule has 1 aromatic rings. The summed E-state index contributed by atoms with van der Waals surface area (Å²) in [5.74, 6) is 0. The van der Waals surface area contributed by atoms with Crippen molar-refractivity contribution in [2.75, 3.05) is 6.54 Å². The van der Waals surface area contributed by atoms with Gasteiger partial charge in [0.05, 0.1) is 6.04 Å². The van der Waals surface area contributed by atoms with Crippen molar-refractivity contribution in [1.29, 1.82) is 0 Å². The molecule has 0 aliphatic heterocycles. The summed E-state index contributed by atoms with van der Waals surface area (Å²) in [6.07, 6.45) is 2.91. The van der Waals surface area contributed by atoms with Gasteiger partial charge in [0.2, 0.25) is 0 Å². The maximum Gasteiger partial charge on any atom is 0.109 e. The Morgan fingerprint density at radius 1 is 1.41 bits per heavy atom. The summed E-state index contributed by atoms with van der Waals surface area (Å²) < 4.78 is 0. The van der Waals surface area contributed by atoms with Crippen molar-refractivity contribution in [1.82, 2.24) is 10.3 Å². The van der Waals surface area contributed by atoms with E-state index >= 15 is 0 Å². The van der Waals surface area contributed by atoms with E-state index in [1.807, 2.05) is 11.6 Å². The zero-order chi connectivity index (χ0) is 13.1. The van der Waals surface area contributed by atoms with Gasteiger partial charge in [0, 0.05) is 23.7 Å². The average molecular weight is 255 g/mol. The molecule has 98 valence electrons. The predicted molar refractivity (Wildman–Crippen MR) is 75.2 cm³/mol. The van der Waals surface area contributed by atoms with Gasteiger partial charge in [0.25, 0.3) is 0 Å². The van der Waals surface area contributed by atoms with Crippen LogP contribution in [0, 0.1) is 5.41 Å². The van der Waals surface area contributed by atoms with E-state index in [-0.39, 0.29) is 11.0 Å². The summed E-state index contributed by atoms with van der Waals surface area (Å²) in [6.45, 7) is 11.6. The molecule has 0 fully saturated rings. The van der Waals surface area contributed by atoms with Gasteiger partial charge in [-0.05, 0) is 25.7 Å². The van der Waals surface area contributed by atoms with E-state index in [0.29, 0.717) is 6.04 Å². The number of aromatic nitrogens is 1. The largest absolute Gasteiger partial charge is 0.325 e. The van der Waals surface area contributed by atoms with Crippen LogP contribution in [0.25, 0.3) is 0 Å². The number of nitrogens with two attached hydrogens (primary N) is 1. The number of rotatable bonds is 6. The third-order valence-electron chi connectivity index (χ3n) is 3.69. The Morgan fingerprint density at radius 3 is 2.47 bits per heavy atom. The second kappa shape index (κ2) is 5.46. The number of hydrogen-bond donors (Lipinski definition) is 2. The van der Waals surface area contributed by atoms with Gasteiger partial charge in [-0.15, -0.1) is 11.3 Å². The first-order valence-electron chi connectivity index (χ1n) is 6.19. The van der Waals surface area contributed by atoms with Gasteiger partial charge in [0.1, 0.15) is 5.01 Å². The van der Waals surface area contributed by atoms with Crippen LogP contribution in [-0.4, -0.2) is 17.1 Å². The van der Waals surface area contributed by atoms with E-state index in [0.717, 1.165) is 18.0 Å². The van der Waals surface area contributed by atoms with Gasteiger partial charge < -0.3 is 11.1 Å². The van der Waals surface area contributed by atoms with Crippen LogP contribution in [0.15, 0.2) is 11.6 Å². The molecule has 0 saturated carbocycles. The van der Waals surface area contributed by atoms with Crippen molar-refractivity contribution in [2.24, 2.45) is 11.1 Å². The van der Waals surface area contributed by atoms with Gasteiger partial charge in [-0.3, -0.25) is 0 Å². The molecule has 0 saturated heterocycles. The quantitative estimate of drug-likeness (QED) is 0.821. The normalized spacial score (nSPS) is 14.9. The molecule has 0 radical (unpaired) electrons. The molecule has 0 aromatic carbocycles. The van der Waals surface area contributed by atoms with E-state index in [1.54, 1.807) is 11.3 Å². The molecule has 0 amide bonds. The van der Waals surface area contributed by atoms with Crippen molar-refractivity contribution in [3.63, 3.8) is 0 Å². The molecule has 17 heavy (non-hydrogen) atoms. The van der Waals surface area contributed by atoms with Crippen LogP contribution in [0.1, 0.15) is 52.1 Å². The lowest BCUT2D eigenvalue weighted by Crippen LogP contribution is -2.52. The van der Waals surface area contributed by atoms with Crippen LogP contribution in [-0.2, 0) is 0 Å². The second-order valence-corrected chi connectivity index (χ2v) is 6.74. The molecule has 4 heteroatoms. The molecule has 1 unspecified atom stereocenters. The van der Waals surface area contributed by atoms with Crippen LogP contribution in [0.3, 0.4) is 0 Å². The molecule has 3 nitrogen and oxygen atoms in total. The van der Waals surface area contributed by atoms with E-state index in [4.69, 9.17) is 5.73 Å². The topological polar surface area (TPSA) is 50.9 Å². The molecule has 0 aliphatic rings. The van der Waals surface area contributed by atoms with Gasteiger partial charge in [-0.1, -0.05) is 20.8 Å². The van der Waals surface area contributed by atoms with E-state index < -0.39 is 0 Å². The molecule has 0 aliphatic carbocycles. The number of hydrogen-bond acceptors (Lipinski definition) is 4. The van der Waals surface area contributed by atoms with Crippen LogP contribution in [0.2, 0.25) is 0 Å². The summed E-state index contributed by atoms with van der Waals surface area (Å²) in [5, 5.41) is 6.78. The number of nitrogens with zero attached hydrogens (tertiary/aromatic N) is 1. The van der Waals surface area contributed by atoms with Gasteiger partial charge in [0.15, 0.2) is 0 Å². The average Bonchev–Trinajstić information content (AvgIpc) is 2.70. The Balaban J connectivity index is 2.60. The first-order chi connectivity index (χ1) is 7.78. The van der Waals surface area contributed by atoms with E-state index in [2.05, 4.69) is 44.9 Å². The molecular weight excluding hydrogens is 230 g/mol. The fraction of sp³-hybridized carbons (Fsp3) is 0.769. The van der Waals surface area contributed by atoms with Crippen LogP contribution in [0.5, 0.6) is 0 Å². The zero-order valence-electron chi connectivity index (χ0n) is 11.6. The van der Waals surface area contributed by atoms with Crippen molar-refractivity contribution in [3.8, 4) is 0 Å². The summed E-state index contributed by atoms with van der Waals surface area (Å²) in [5.41, 5.74) is 6.07. The fourth-order valence-electron chi connectivity index (χ4n) is 1.42. The third-order valence-corrected chi connectivity index (χ3v) is 4.58. The molecule has 3 N–H and O–H groups in total. The lowest BCUT2D eigenvalue weighted by Gasteiger charge is -2.39. The van der Waals surface area contributed by atoms with Gasteiger partial charge >= 0.3 is 0 Å². The third kappa shape index (κ3) is 3.76. The smallest absolute Gasteiger partial charge is 0.109 e. The SMILES string of the molecule is CCC(NCC(C)(C)C(C)(C)N)c1nccs1. The molecule has 1 heterocycles. The Kier molecular flexibility index (Phi) is 4.69. The minimum Gasteiger partial charge on any atom is -0.325 e. The van der Waals surface area contributed by atoms with Crippen LogP contribution < -0.4 is 11.1 Å². The minimum atomic E-state index is -0.193.